The van der Waals surface area contributed by atoms with Crippen molar-refractivity contribution in [3.05, 3.63) is 53.8 Å². The van der Waals surface area contributed by atoms with Crippen LogP contribution < -0.4 is 5.32 Å². The van der Waals surface area contributed by atoms with Crippen molar-refractivity contribution in [3.63, 3.8) is 0 Å². The summed E-state index contributed by atoms with van der Waals surface area (Å²) in [5, 5.41) is 15.0. The molecule has 2 aromatic carbocycles. The fourth-order valence-corrected chi connectivity index (χ4v) is 2.28. The van der Waals surface area contributed by atoms with Crippen molar-refractivity contribution in [1.29, 1.82) is 5.26 Å². The number of rotatable bonds is 2. The maximum atomic E-state index is 12.9. The zero-order valence-electron chi connectivity index (χ0n) is 11.2. The number of nitriles is 1. The second kappa shape index (κ2) is 4.56. The molecule has 0 spiro atoms. The Morgan fingerprint density at radius 2 is 1.95 bits per heavy atom. The summed E-state index contributed by atoms with van der Waals surface area (Å²) in [7, 11) is 0. The summed E-state index contributed by atoms with van der Waals surface area (Å²) < 4.78 is 14.6. The summed E-state index contributed by atoms with van der Waals surface area (Å²) in [6.07, 6.45) is 0. The Morgan fingerprint density at radius 3 is 2.73 bits per heavy atom. The van der Waals surface area contributed by atoms with Gasteiger partial charge in [0.25, 0.3) is 5.78 Å². The van der Waals surface area contributed by atoms with Crippen LogP contribution in [0, 0.1) is 17.1 Å². The molecule has 4 rings (SSSR count). The van der Waals surface area contributed by atoms with Crippen molar-refractivity contribution in [2.24, 2.45) is 0 Å². The van der Waals surface area contributed by atoms with Gasteiger partial charge in [-0.3, -0.25) is 5.10 Å². The van der Waals surface area contributed by atoms with Gasteiger partial charge in [-0.05, 0) is 42.5 Å². The number of aromatic amines is 1. The second-order valence-electron chi connectivity index (χ2n) is 4.77. The molecule has 0 amide bonds. The van der Waals surface area contributed by atoms with Crippen LogP contribution in [-0.4, -0.2) is 19.6 Å². The molecule has 6 nitrogen and oxygen atoms in total. The van der Waals surface area contributed by atoms with Gasteiger partial charge in [0.05, 0.1) is 22.7 Å². The first-order chi connectivity index (χ1) is 10.7. The van der Waals surface area contributed by atoms with Crippen molar-refractivity contribution in [1.82, 2.24) is 19.6 Å². The van der Waals surface area contributed by atoms with Crippen LogP contribution in [0.1, 0.15) is 5.56 Å². The molecule has 0 bridgehead atoms. The highest BCUT2D eigenvalue weighted by Crippen LogP contribution is 2.19. The second-order valence-corrected chi connectivity index (χ2v) is 4.77. The predicted molar refractivity (Wildman–Crippen MR) is 79.2 cm³/mol. The maximum Gasteiger partial charge on any atom is 0.253 e. The zero-order valence-corrected chi connectivity index (χ0v) is 11.2. The van der Waals surface area contributed by atoms with E-state index < -0.39 is 0 Å². The number of hydrogen-bond donors (Lipinski definition) is 2. The summed E-state index contributed by atoms with van der Waals surface area (Å²) in [6.45, 7) is 0. The Bertz CT molecular complexity index is 1020. The Labute approximate surface area is 123 Å². The highest BCUT2D eigenvalue weighted by Gasteiger charge is 2.10. The summed E-state index contributed by atoms with van der Waals surface area (Å²) >= 11 is 0. The highest BCUT2D eigenvalue weighted by molar-refractivity contribution is 5.80. The SMILES string of the molecule is N#Cc1ccc2c(c1)nc1nc(Nc3ccc(F)cc3)[nH]n12. The number of nitrogens with zero attached hydrogens (tertiary/aromatic N) is 4. The molecule has 0 aliphatic carbocycles. The molecule has 0 aliphatic rings. The van der Waals surface area contributed by atoms with E-state index >= 15 is 0 Å². The molecule has 106 valence electrons. The van der Waals surface area contributed by atoms with E-state index in [4.69, 9.17) is 5.26 Å². The lowest BCUT2D eigenvalue weighted by Crippen LogP contribution is -1.93. The van der Waals surface area contributed by atoms with Gasteiger partial charge in [0, 0.05) is 5.69 Å². The van der Waals surface area contributed by atoms with E-state index in [1.54, 1.807) is 28.8 Å². The third-order valence-corrected chi connectivity index (χ3v) is 3.30. The number of anilines is 2. The number of imidazole rings is 1. The van der Waals surface area contributed by atoms with Crippen LogP contribution in [0.2, 0.25) is 0 Å². The standard InChI is InChI=1S/C15H9FN6/c16-10-2-4-11(5-3-10)18-14-20-15-19-12-7-9(8-17)1-6-13(12)22(15)21-14/h1-7H,(H2,18,19,20,21). The molecule has 0 fully saturated rings. The molecule has 0 unspecified atom stereocenters. The lowest BCUT2D eigenvalue weighted by Gasteiger charge is -2.01. The van der Waals surface area contributed by atoms with Gasteiger partial charge >= 0.3 is 0 Å². The average Bonchev–Trinajstić information content (AvgIpc) is 3.05. The molecule has 0 saturated heterocycles. The Kier molecular flexibility index (Phi) is 2.56. The first kappa shape index (κ1) is 12.3. The van der Waals surface area contributed by atoms with Gasteiger partial charge in [-0.25, -0.2) is 13.9 Å². The van der Waals surface area contributed by atoms with Crippen LogP contribution in [0.15, 0.2) is 42.5 Å². The zero-order chi connectivity index (χ0) is 15.1. The van der Waals surface area contributed by atoms with Crippen LogP contribution in [0.25, 0.3) is 16.8 Å². The molecule has 2 aromatic heterocycles. The number of aromatic nitrogens is 4. The van der Waals surface area contributed by atoms with E-state index in [2.05, 4.69) is 26.5 Å². The Morgan fingerprint density at radius 1 is 1.14 bits per heavy atom. The monoisotopic (exact) mass is 292 g/mol. The molecule has 4 aromatic rings. The van der Waals surface area contributed by atoms with E-state index in [1.165, 1.54) is 12.1 Å². The van der Waals surface area contributed by atoms with Gasteiger partial charge in [0.2, 0.25) is 5.95 Å². The molecular formula is C15H9FN6. The van der Waals surface area contributed by atoms with Gasteiger partial charge < -0.3 is 5.32 Å². The van der Waals surface area contributed by atoms with Gasteiger partial charge in [-0.2, -0.15) is 10.2 Å². The number of H-pyrrole nitrogens is 1. The topological polar surface area (TPSA) is 81.8 Å². The number of nitrogens with one attached hydrogen (secondary N) is 2. The first-order valence-electron chi connectivity index (χ1n) is 6.54. The minimum Gasteiger partial charge on any atom is -0.325 e. The third kappa shape index (κ3) is 1.94. The summed E-state index contributed by atoms with van der Waals surface area (Å²) in [5.74, 6) is 0.703. The van der Waals surface area contributed by atoms with Gasteiger partial charge in [0.15, 0.2) is 0 Å². The van der Waals surface area contributed by atoms with Crippen LogP contribution in [0.3, 0.4) is 0 Å². The van der Waals surface area contributed by atoms with E-state index in [0.29, 0.717) is 22.8 Å². The molecule has 0 atom stereocenters. The van der Waals surface area contributed by atoms with Gasteiger partial charge in [-0.1, -0.05) is 0 Å². The largest absolute Gasteiger partial charge is 0.325 e. The molecule has 22 heavy (non-hydrogen) atoms. The average molecular weight is 292 g/mol. The number of halogens is 1. The van der Waals surface area contributed by atoms with Crippen molar-refractivity contribution in [2.75, 3.05) is 5.32 Å². The normalized spacial score (nSPS) is 10.9. The fraction of sp³-hybridized carbons (Fsp3) is 0. The van der Waals surface area contributed by atoms with Gasteiger partial charge in [0.1, 0.15) is 5.82 Å². The van der Waals surface area contributed by atoms with E-state index in [-0.39, 0.29) is 5.82 Å². The van der Waals surface area contributed by atoms with Crippen LogP contribution >= 0.6 is 0 Å². The smallest absolute Gasteiger partial charge is 0.253 e. The maximum absolute atomic E-state index is 12.9. The minimum atomic E-state index is -0.293. The summed E-state index contributed by atoms with van der Waals surface area (Å²) in [6, 6.07) is 13.3. The minimum absolute atomic E-state index is 0.293. The fourth-order valence-electron chi connectivity index (χ4n) is 2.28. The van der Waals surface area contributed by atoms with E-state index in [1.807, 2.05) is 6.07 Å². The quantitative estimate of drug-likeness (QED) is 0.595. The molecule has 2 N–H and O–H groups in total. The molecule has 0 saturated carbocycles. The predicted octanol–water partition coefficient (Wildman–Crippen LogP) is 2.96. The van der Waals surface area contributed by atoms with Crippen molar-refractivity contribution in [3.8, 4) is 6.07 Å². The van der Waals surface area contributed by atoms with E-state index in [9.17, 15) is 4.39 Å². The van der Waals surface area contributed by atoms with E-state index in [0.717, 1.165) is 11.2 Å². The van der Waals surface area contributed by atoms with Crippen molar-refractivity contribution in [2.45, 2.75) is 0 Å². The van der Waals surface area contributed by atoms with Crippen LogP contribution in [0.4, 0.5) is 16.0 Å². The summed E-state index contributed by atoms with van der Waals surface area (Å²) in [5.41, 5.74) is 2.80. The number of fused-ring (bicyclic) bond motifs is 3. The molecule has 0 aliphatic heterocycles. The lowest BCUT2D eigenvalue weighted by molar-refractivity contribution is 0.628. The summed E-state index contributed by atoms with van der Waals surface area (Å²) in [4.78, 5) is 8.70. The molecule has 2 heterocycles. The highest BCUT2D eigenvalue weighted by atomic mass is 19.1. The van der Waals surface area contributed by atoms with Crippen molar-refractivity contribution >= 4 is 28.4 Å². The Hall–Kier alpha value is -3.40. The Balaban J connectivity index is 1.75. The first-order valence-corrected chi connectivity index (χ1v) is 6.54. The third-order valence-electron chi connectivity index (χ3n) is 3.30. The molecule has 0 radical (unpaired) electrons. The lowest BCUT2D eigenvalue weighted by atomic mass is 10.2. The molecular weight excluding hydrogens is 283 g/mol. The van der Waals surface area contributed by atoms with Gasteiger partial charge in [-0.15, -0.1) is 0 Å². The molecule has 7 heteroatoms. The van der Waals surface area contributed by atoms with Crippen molar-refractivity contribution < 1.29 is 4.39 Å². The van der Waals surface area contributed by atoms with Crippen LogP contribution in [-0.2, 0) is 0 Å². The van der Waals surface area contributed by atoms with Crippen LogP contribution in [0.5, 0.6) is 0 Å². The number of benzene rings is 2. The number of hydrogen-bond acceptors (Lipinski definition) is 4.